The van der Waals surface area contributed by atoms with Gasteiger partial charge in [0.15, 0.2) is 0 Å². The third kappa shape index (κ3) is 27.1. The summed E-state index contributed by atoms with van der Waals surface area (Å²) in [6.07, 6.45) is 3.88. The number of nitrogens with one attached hydrogen (secondary N) is 7. The van der Waals surface area contributed by atoms with E-state index in [1.165, 1.54) is 38.5 Å². The van der Waals surface area contributed by atoms with E-state index in [0.717, 1.165) is 36.5 Å². The highest BCUT2D eigenvalue weighted by atomic mass is 32.2. The maximum atomic E-state index is 13.6. The number of carbonyl (C=O) groups is 9. The van der Waals surface area contributed by atoms with Gasteiger partial charge in [-0.3, -0.25) is 62.8 Å². The molecule has 0 radical (unpaired) electrons. The Labute approximate surface area is 523 Å². The van der Waals surface area contributed by atoms with Crippen molar-refractivity contribution in [1.82, 2.24) is 55.9 Å². The minimum Gasteiger partial charge on any atom is -0.494 e. The standard InChI is InChI=1S/C59H86N12O18S/c1-40-32-47(33-41(2)55(40)90(85,86)67-48(59(83)84)34-64-58(82)45-11-8-43(9-12-45)10-14-46-15-13-44-6-4-16-62-56(44)66-46)89-28-5-7-49(72)60-17-18-61-51(74)39-88-31-30-87-29-19-63-57(81)42(3)65-50(73)35-68-20-22-69(36-52(75)76)24-26-71(38-54(79)80)27-25-70(23-21-68)37-53(77)78/h8-9,11-13,15,32-33,42,48,67H,4-7,10,14,16-31,34-39H2,1-3H3,(H,60,72)(H,61,74)(H,62,66)(H,63,81)(H,64,82)(H,65,73)(H,75,76)(H,77,78)(H,79,80)(H,83,84)/t42-,48?/m0/s1. The summed E-state index contributed by atoms with van der Waals surface area (Å²) in [5, 5.41) is 54.7. The first-order valence-corrected chi connectivity index (χ1v) is 31.3. The number of carboxylic acids is 4. The third-order valence-corrected chi connectivity index (χ3v) is 16.3. The summed E-state index contributed by atoms with van der Waals surface area (Å²) in [6.45, 7) is 6.18. The molecule has 0 spiro atoms. The molecular formula is C59H86N12O18S. The lowest BCUT2D eigenvalue weighted by atomic mass is 10.0. The van der Waals surface area contributed by atoms with Crippen LogP contribution in [0.15, 0.2) is 53.4 Å². The van der Waals surface area contributed by atoms with Crippen LogP contribution in [0.5, 0.6) is 5.75 Å². The van der Waals surface area contributed by atoms with Gasteiger partial charge in [-0.25, -0.2) is 13.4 Å². The van der Waals surface area contributed by atoms with E-state index >= 15 is 0 Å². The van der Waals surface area contributed by atoms with Crippen LogP contribution in [-0.4, -0.2) is 263 Å². The van der Waals surface area contributed by atoms with E-state index in [9.17, 15) is 72.0 Å². The molecule has 31 heteroatoms. The van der Waals surface area contributed by atoms with Gasteiger partial charge < -0.3 is 66.5 Å². The zero-order valence-electron chi connectivity index (χ0n) is 51.2. The number of rotatable bonds is 36. The molecule has 3 heterocycles. The van der Waals surface area contributed by atoms with Crippen molar-refractivity contribution < 1.29 is 86.2 Å². The molecule has 0 bridgehead atoms. The lowest BCUT2D eigenvalue weighted by Gasteiger charge is -2.33. The smallest absolute Gasteiger partial charge is 0.323 e. The number of aromatic nitrogens is 1. The molecule has 1 unspecified atom stereocenters. The average molecular weight is 1280 g/mol. The number of anilines is 1. The van der Waals surface area contributed by atoms with Gasteiger partial charge in [0.05, 0.1) is 57.5 Å². The summed E-state index contributed by atoms with van der Waals surface area (Å²) in [5.41, 5.74) is 3.99. The predicted octanol–water partition coefficient (Wildman–Crippen LogP) is -1.48. The minimum atomic E-state index is -4.40. The molecule has 0 aliphatic carbocycles. The van der Waals surface area contributed by atoms with Crippen molar-refractivity contribution in [3.8, 4) is 5.75 Å². The molecule has 1 aromatic heterocycles. The van der Waals surface area contributed by atoms with Gasteiger partial charge in [-0.1, -0.05) is 18.2 Å². The maximum absolute atomic E-state index is 13.6. The van der Waals surface area contributed by atoms with Crippen LogP contribution in [0.4, 0.5) is 5.82 Å². The topological polar surface area (TPSA) is 406 Å². The average Bonchev–Trinajstić information content (AvgIpc) is 1.00. The number of ether oxygens (including phenoxy) is 3. The number of amides is 5. The number of sulfonamides is 1. The van der Waals surface area contributed by atoms with Gasteiger partial charge >= 0.3 is 23.9 Å². The Morgan fingerprint density at radius 1 is 0.644 bits per heavy atom. The molecule has 5 amide bonds. The van der Waals surface area contributed by atoms with E-state index in [4.69, 9.17) is 19.2 Å². The molecule has 0 saturated carbocycles. The largest absolute Gasteiger partial charge is 0.494 e. The highest BCUT2D eigenvalue weighted by molar-refractivity contribution is 7.89. The highest BCUT2D eigenvalue weighted by Crippen LogP contribution is 2.27. The van der Waals surface area contributed by atoms with Gasteiger partial charge in [-0.15, -0.1) is 0 Å². The zero-order chi connectivity index (χ0) is 65.6. The number of aliphatic carboxylic acids is 4. The van der Waals surface area contributed by atoms with Crippen LogP contribution in [0, 0.1) is 13.8 Å². The number of carbonyl (C=O) groups excluding carboxylic acids is 5. The van der Waals surface area contributed by atoms with Crippen LogP contribution >= 0.6 is 0 Å². The van der Waals surface area contributed by atoms with E-state index in [0.29, 0.717) is 25.0 Å². The first-order valence-electron chi connectivity index (χ1n) is 29.8. The fraction of sp³-hybridized carbons (Fsp3) is 0.559. The number of aryl methyl sites for hydroxylation is 5. The SMILES string of the molecule is Cc1cc(OCCCC(=O)NCCNC(=O)COCCOCCNC(=O)[C@H](C)NC(=O)CN2CCN(CC(=O)O)CCN(CC(=O)O)CCN(CC(=O)O)CC2)cc(C)c1S(=O)(=O)NC(CNC(=O)c1ccc(CCc2ccc3c(n2)NCCC3)cc1)C(=O)O. The second-order valence-electron chi connectivity index (χ2n) is 21.8. The summed E-state index contributed by atoms with van der Waals surface area (Å²) in [6, 6.07) is 11.4. The molecular weight excluding hydrogens is 1200 g/mol. The van der Waals surface area contributed by atoms with Crippen LogP contribution in [0.3, 0.4) is 0 Å². The number of carboxylic acid groups (broad SMARTS) is 4. The van der Waals surface area contributed by atoms with Crippen molar-refractivity contribution in [1.29, 1.82) is 0 Å². The monoisotopic (exact) mass is 1280 g/mol. The normalized spacial score (nSPS) is 15.3. The van der Waals surface area contributed by atoms with Crippen LogP contribution in [0.2, 0.25) is 0 Å². The number of pyridine rings is 1. The molecule has 3 aromatic rings. The van der Waals surface area contributed by atoms with E-state index in [1.807, 2.05) is 18.2 Å². The maximum Gasteiger partial charge on any atom is 0.323 e. The molecule has 90 heavy (non-hydrogen) atoms. The minimum absolute atomic E-state index is 0.0650. The summed E-state index contributed by atoms with van der Waals surface area (Å²) >= 11 is 0. The molecule has 11 N–H and O–H groups in total. The first-order chi connectivity index (χ1) is 42.9. The molecule has 2 aromatic carbocycles. The Morgan fingerprint density at radius 2 is 1.21 bits per heavy atom. The number of hydrogen-bond donors (Lipinski definition) is 11. The fourth-order valence-electron chi connectivity index (χ4n) is 9.83. The number of benzene rings is 2. The Balaban J connectivity index is 0.895. The van der Waals surface area contributed by atoms with Crippen LogP contribution in [-0.2, 0) is 77.1 Å². The van der Waals surface area contributed by atoms with Gasteiger partial charge in [-0.05, 0) is 105 Å². The van der Waals surface area contributed by atoms with Crippen LogP contribution in [0.1, 0.15) is 64.5 Å². The van der Waals surface area contributed by atoms with Crippen molar-refractivity contribution in [3.05, 3.63) is 82.0 Å². The number of hydrogen-bond acceptors (Lipinski definition) is 20. The van der Waals surface area contributed by atoms with E-state index in [1.54, 1.807) is 31.7 Å². The summed E-state index contributed by atoms with van der Waals surface area (Å²) in [7, 11) is -4.40. The second-order valence-corrected chi connectivity index (χ2v) is 23.5. The first kappa shape index (κ1) is 72.8. The van der Waals surface area contributed by atoms with Gasteiger partial charge in [0, 0.05) is 103 Å². The summed E-state index contributed by atoms with van der Waals surface area (Å²) in [4.78, 5) is 122. The van der Waals surface area contributed by atoms with Crippen LogP contribution in [0.25, 0.3) is 0 Å². The van der Waals surface area contributed by atoms with Gasteiger partial charge in [0.1, 0.15) is 30.3 Å². The Kier molecular flexibility index (Phi) is 30.7. The highest BCUT2D eigenvalue weighted by Gasteiger charge is 2.30. The van der Waals surface area contributed by atoms with Gasteiger partial charge in [0.2, 0.25) is 33.7 Å². The van der Waals surface area contributed by atoms with Crippen LogP contribution < -0.4 is 41.4 Å². The molecule has 496 valence electrons. The van der Waals surface area contributed by atoms with Gasteiger partial charge in [-0.2, -0.15) is 4.72 Å². The molecule has 30 nitrogen and oxygen atoms in total. The Bertz CT molecular complexity index is 2970. The number of nitrogens with zero attached hydrogens (tertiary/aromatic N) is 5. The van der Waals surface area contributed by atoms with E-state index < -0.39 is 76.2 Å². The van der Waals surface area contributed by atoms with Crippen molar-refractivity contribution in [2.75, 3.05) is 150 Å². The molecule has 2 aliphatic rings. The Hall–Kier alpha value is -7.91. The fourth-order valence-corrected chi connectivity index (χ4v) is 11.5. The van der Waals surface area contributed by atoms with E-state index in [-0.39, 0.29) is 165 Å². The van der Waals surface area contributed by atoms with Crippen molar-refractivity contribution >= 4 is 69.3 Å². The summed E-state index contributed by atoms with van der Waals surface area (Å²) < 4.78 is 46.0. The second kappa shape index (κ2) is 37.9. The molecule has 5 rings (SSSR count). The van der Waals surface area contributed by atoms with Crippen molar-refractivity contribution in [2.24, 2.45) is 0 Å². The third-order valence-electron chi connectivity index (χ3n) is 14.5. The molecule has 2 aliphatic heterocycles. The lowest BCUT2D eigenvalue weighted by molar-refractivity contribution is -0.140. The molecule has 2 atom stereocenters. The molecule has 1 fully saturated rings. The quantitative estimate of drug-likeness (QED) is 0.0296. The van der Waals surface area contributed by atoms with E-state index in [2.05, 4.69) is 42.7 Å². The number of fused-ring (bicyclic) bond motifs is 1. The van der Waals surface area contributed by atoms with Gasteiger partial charge in [0.25, 0.3) is 5.91 Å². The lowest BCUT2D eigenvalue weighted by Crippen LogP contribution is -2.51. The van der Waals surface area contributed by atoms with Crippen molar-refractivity contribution in [2.45, 2.75) is 76.3 Å². The predicted molar refractivity (Wildman–Crippen MR) is 327 cm³/mol. The summed E-state index contributed by atoms with van der Waals surface area (Å²) in [5.74, 6) is -5.71. The molecule has 1 saturated heterocycles. The van der Waals surface area contributed by atoms with Crippen molar-refractivity contribution in [3.63, 3.8) is 0 Å². The Morgan fingerprint density at radius 3 is 1.79 bits per heavy atom. The zero-order valence-corrected chi connectivity index (χ0v) is 52.0.